The van der Waals surface area contributed by atoms with Gasteiger partial charge in [-0.1, -0.05) is 6.92 Å². The molecule has 0 radical (unpaired) electrons. The number of sulfonamides is 1. The molecule has 0 aromatic carbocycles. The summed E-state index contributed by atoms with van der Waals surface area (Å²) in [7, 11) is -3.11. The van der Waals surface area contributed by atoms with Crippen molar-refractivity contribution in [1.82, 2.24) is 20.3 Å². The molecule has 1 heterocycles. The van der Waals surface area contributed by atoms with Crippen molar-refractivity contribution in [2.45, 2.75) is 40.2 Å². The number of aryl methyl sites for hydroxylation is 1. The predicted molar refractivity (Wildman–Crippen MR) is 96.4 cm³/mol. The van der Waals surface area contributed by atoms with Crippen molar-refractivity contribution in [3.05, 3.63) is 16.1 Å². The van der Waals surface area contributed by atoms with Crippen LogP contribution in [0, 0.1) is 0 Å². The van der Waals surface area contributed by atoms with E-state index in [-0.39, 0.29) is 5.75 Å². The largest absolute Gasteiger partial charge is 0.357 e. The molecule has 0 spiro atoms. The highest BCUT2D eigenvalue weighted by atomic mass is 32.2. The van der Waals surface area contributed by atoms with Crippen LogP contribution in [0.2, 0.25) is 0 Å². The first-order chi connectivity index (χ1) is 11.0. The number of hydrogen-bond acceptors (Lipinski definition) is 5. The molecule has 132 valence electrons. The molecule has 0 aliphatic carbocycles. The van der Waals surface area contributed by atoms with Gasteiger partial charge in [0, 0.05) is 30.7 Å². The molecule has 9 heteroatoms. The number of thiazole rings is 1. The molecule has 0 saturated heterocycles. The molecule has 0 bridgehead atoms. The maximum atomic E-state index is 11.3. The number of guanidine groups is 1. The lowest BCUT2D eigenvalue weighted by molar-refractivity contribution is 0.579. The van der Waals surface area contributed by atoms with Crippen LogP contribution in [0.15, 0.2) is 11.2 Å². The van der Waals surface area contributed by atoms with Crippen LogP contribution in [-0.4, -0.2) is 44.7 Å². The normalized spacial score (nSPS) is 12.4. The van der Waals surface area contributed by atoms with Gasteiger partial charge >= 0.3 is 0 Å². The SMILES string of the molecule is CCNC(=NCc1ncc(CC)s1)NCCCNS(=O)(=O)CC. The van der Waals surface area contributed by atoms with Gasteiger partial charge in [0.25, 0.3) is 0 Å². The number of aromatic nitrogens is 1. The summed E-state index contributed by atoms with van der Waals surface area (Å²) < 4.78 is 25.2. The van der Waals surface area contributed by atoms with E-state index in [0.29, 0.717) is 26.1 Å². The third-order valence-corrected chi connectivity index (χ3v) is 5.55. The summed E-state index contributed by atoms with van der Waals surface area (Å²) in [5.74, 6) is 0.831. The standard InChI is InChI=1S/C14H27N5O2S2/c1-4-12-10-17-13(22-12)11-18-14(15-5-2)16-8-7-9-19-23(20,21)6-3/h10,19H,4-9,11H2,1-3H3,(H2,15,16,18). The van der Waals surface area contributed by atoms with Crippen LogP contribution in [0.25, 0.3) is 0 Å². The van der Waals surface area contributed by atoms with Gasteiger partial charge in [-0.05, 0) is 26.7 Å². The highest BCUT2D eigenvalue weighted by molar-refractivity contribution is 7.89. The van der Waals surface area contributed by atoms with E-state index in [0.717, 1.165) is 23.9 Å². The van der Waals surface area contributed by atoms with E-state index in [1.54, 1.807) is 18.3 Å². The topological polar surface area (TPSA) is 95.5 Å². The molecule has 0 amide bonds. The number of hydrogen-bond donors (Lipinski definition) is 3. The number of rotatable bonds is 10. The summed E-state index contributed by atoms with van der Waals surface area (Å²) in [4.78, 5) is 10.1. The van der Waals surface area contributed by atoms with Gasteiger partial charge in [-0.15, -0.1) is 11.3 Å². The highest BCUT2D eigenvalue weighted by Crippen LogP contribution is 2.13. The summed E-state index contributed by atoms with van der Waals surface area (Å²) in [6.07, 6.45) is 3.59. The van der Waals surface area contributed by atoms with E-state index >= 15 is 0 Å². The maximum Gasteiger partial charge on any atom is 0.211 e. The Bertz CT molecular complexity index is 584. The molecule has 1 rings (SSSR count). The van der Waals surface area contributed by atoms with Gasteiger partial charge in [0.05, 0.1) is 12.3 Å². The van der Waals surface area contributed by atoms with Gasteiger partial charge in [0.1, 0.15) is 5.01 Å². The van der Waals surface area contributed by atoms with Crippen molar-refractivity contribution < 1.29 is 8.42 Å². The van der Waals surface area contributed by atoms with E-state index in [9.17, 15) is 8.42 Å². The third kappa shape index (κ3) is 8.29. The highest BCUT2D eigenvalue weighted by Gasteiger charge is 2.05. The molecule has 23 heavy (non-hydrogen) atoms. The van der Waals surface area contributed by atoms with Crippen molar-refractivity contribution in [3.63, 3.8) is 0 Å². The Balaban J connectivity index is 2.37. The van der Waals surface area contributed by atoms with Crippen LogP contribution < -0.4 is 15.4 Å². The summed E-state index contributed by atoms with van der Waals surface area (Å²) in [6.45, 7) is 8.13. The molecule has 0 aliphatic rings. The monoisotopic (exact) mass is 361 g/mol. The van der Waals surface area contributed by atoms with Crippen LogP contribution in [0.5, 0.6) is 0 Å². The minimum atomic E-state index is -3.11. The van der Waals surface area contributed by atoms with Crippen LogP contribution in [0.4, 0.5) is 0 Å². The molecule has 0 saturated carbocycles. The zero-order valence-corrected chi connectivity index (χ0v) is 15.7. The molecule has 7 nitrogen and oxygen atoms in total. The summed E-state index contributed by atoms with van der Waals surface area (Å²) in [5, 5.41) is 7.36. The molecule has 0 unspecified atom stereocenters. The zero-order valence-electron chi connectivity index (χ0n) is 14.1. The Morgan fingerprint density at radius 1 is 1.26 bits per heavy atom. The number of nitrogens with zero attached hydrogens (tertiary/aromatic N) is 2. The second-order valence-electron chi connectivity index (χ2n) is 4.85. The predicted octanol–water partition coefficient (Wildman–Crippen LogP) is 1.09. The third-order valence-electron chi connectivity index (χ3n) is 3.01. The van der Waals surface area contributed by atoms with E-state index in [1.807, 2.05) is 13.1 Å². The lowest BCUT2D eigenvalue weighted by atomic mass is 10.4. The Labute approximate surface area is 143 Å². The average molecular weight is 362 g/mol. The van der Waals surface area contributed by atoms with Crippen LogP contribution in [0.3, 0.4) is 0 Å². The van der Waals surface area contributed by atoms with Gasteiger partial charge in [-0.2, -0.15) is 0 Å². The smallest absolute Gasteiger partial charge is 0.211 e. The first-order valence-corrected chi connectivity index (χ1v) is 10.4. The van der Waals surface area contributed by atoms with Gasteiger partial charge < -0.3 is 10.6 Å². The van der Waals surface area contributed by atoms with E-state index in [2.05, 4.69) is 32.3 Å². The van der Waals surface area contributed by atoms with Gasteiger partial charge in [-0.3, -0.25) is 0 Å². The minimum Gasteiger partial charge on any atom is -0.357 e. The van der Waals surface area contributed by atoms with Crippen molar-refractivity contribution in [2.75, 3.05) is 25.4 Å². The average Bonchev–Trinajstić information content (AvgIpc) is 3.00. The lowest BCUT2D eigenvalue weighted by Gasteiger charge is -2.11. The Morgan fingerprint density at radius 2 is 2.04 bits per heavy atom. The van der Waals surface area contributed by atoms with Crippen molar-refractivity contribution in [1.29, 1.82) is 0 Å². The molecule has 1 aromatic rings. The Hall–Kier alpha value is -1.19. The van der Waals surface area contributed by atoms with E-state index < -0.39 is 10.0 Å². The van der Waals surface area contributed by atoms with Crippen molar-refractivity contribution in [3.8, 4) is 0 Å². The fraction of sp³-hybridized carbons (Fsp3) is 0.714. The summed E-state index contributed by atoms with van der Waals surface area (Å²) >= 11 is 1.68. The first kappa shape index (κ1) is 19.9. The van der Waals surface area contributed by atoms with Gasteiger partial charge in [-0.25, -0.2) is 23.1 Å². The Morgan fingerprint density at radius 3 is 2.65 bits per heavy atom. The Kier molecular flexibility index (Phi) is 9.12. The summed E-state index contributed by atoms with van der Waals surface area (Å²) in [5.41, 5.74) is 0. The van der Waals surface area contributed by atoms with Crippen LogP contribution >= 0.6 is 11.3 Å². The zero-order chi connectivity index (χ0) is 17.1. The summed E-state index contributed by atoms with van der Waals surface area (Å²) in [6, 6.07) is 0. The number of aliphatic imine (C=N–C) groups is 1. The molecule has 0 atom stereocenters. The second kappa shape index (κ2) is 10.6. The van der Waals surface area contributed by atoms with E-state index in [4.69, 9.17) is 0 Å². The van der Waals surface area contributed by atoms with Crippen molar-refractivity contribution in [2.24, 2.45) is 4.99 Å². The van der Waals surface area contributed by atoms with Crippen LogP contribution in [-0.2, 0) is 23.0 Å². The molecule has 0 fully saturated rings. The van der Waals surface area contributed by atoms with Gasteiger partial charge in [0.15, 0.2) is 5.96 Å². The molecule has 3 N–H and O–H groups in total. The second-order valence-corrected chi connectivity index (χ2v) is 8.14. The van der Waals surface area contributed by atoms with E-state index in [1.165, 1.54) is 4.88 Å². The molecular weight excluding hydrogens is 334 g/mol. The minimum absolute atomic E-state index is 0.109. The molecule has 0 aliphatic heterocycles. The quantitative estimate of drug-likeness (QED) is 0.329. The fourth-order valence-electron chi connectivity index (χ4n) is 1.70. The lowest BCUT2D eigenvalue weighted by Crippen LogP contribution is -2.38. The van der Waals surface area contributed by atoms with Crippen LogP contribution in [0.1, 0.15) is 37.1 Å². The van der Waals surface area contributed by atoms with Gasteiger partial charge in [0.2, 0.25) is 10.0 Å². The fourth-order valence-corrected chi connectivity index (χ4v) is 3.14. The number of nitrogens with one attached hydrogen (secondary N) is 3. The molecular formula is C14H27N5O2S2. The van der Waals surface area contributed by atoms with Crippen molar-refractivity contribution >= 4 is 27.3 Å². The first-order valence-electron chi connectivity index (χ1n) is 7.93. The molecule has 1 aromatic heterocycles. The maximum absolute atomic E-state index is 11.3.